The summed E-state index contributed by atoms with van der Waals surface area (Å²) >= 11 is 0. The molecule has 2 rings (SSSR count). The third-order valence-electron chi connectivity index (χ3n) is 2.46. The van der Waals surface area contributed by atoms with Crippen molar-refractivity contribution in [2.75, 3.05) is 7.05 Å². The number of hydrogen-bond acceptors (Lipinski definition) is 5. The third kappa shape index (κ3) is 3.08. The molecule has 7 nitrogen and oxygen atoms in total. The van der Waals surface area contributed by atoms with Crippen LogP contribution < -0.4 is 10.1 Å². The summed E-state index contributed by atoms with van der Waals surface area (Å²) < 4.78 is 5.44. The van der Waals surface area contributed by atoms with E-state index in [4.69, 9.17) is 4.74 Å². The Hall–Kier alpha value is -2.96. The molecule has 0 fully saturated rings. The van der Waals surface area contributed by atoms with Crippen LogP contribution in [0.15, 0.2) is 42.6 Å². The lowest BCUT2D eigenvalue weighted by atomic mass is 10.3. The Morgan fingerprint density at radius 1 is 1.30 bits per heavy atom. The minimum absolute atomic E-state index is 0.0579. The highest BCUT2D eigenvalue weighted by atomic mass is 16.6. The van der Waals surface area contributed by atoms with E-state index in [1.54, 1.807) is 12.1 Å². The maximum atomic E-state index is 11.3. The number of hydrogen-bond donors (Lipinski definition) is 1. The Bertz CT molecular complexity index is 640. The molecule has 0 aliphatic carbocycles. The van der Waals surface area contributed by atoms with Crippen molar-refractivity contribution in [3.8, 4) is 11.5 Å². The zero-order valence-corrected chi connectivity index (χ0v) is 10.6. The van der Waals surface area contributed by atoms with Crippen molar-refractivity contribution in [3.05, 3.63) is 58.4 Å². The molecule has 0 atom stereocenters. The quantitative estimate of drug-likeness (QED) is 0.680. The van der Waals surface area contributed by atoms with Crippen LogP contribution in [0.3, 0.4) is 0 Å². The highest BCUT2D eigenvalue weighted by Crippen LogP contribution is 2.24. The summed E-state index contributed by atoms with van der Waals surface area (Å²) in [5.41, 5.74) is 0.205. The number of pyridine rings is 1. The first-order chi connectivity index (χ1) is 9.60. The minimum Gasteiger partial charge on any atom is -0.455 e. The second-order valence-electron chi connectivity index (χ2n) is 3.81. The summed E-state index contributed by atoms with van der Waals surface area (Å²) in [6.07, 6.45) is 1.38. The van der Waals surface area contributed by atoms with Crippen LogP contribution in [0.25, 0.3) is 0 Å². The first-order valence-electron chi connectivity index (χ1n) is 5.70. The van der Waals surface area contributed by atoms with Crippen molar-refractivity contribution in [2.24, 2.45) is 0 Å². The third-order valence-corrected chi connectivity index (χ3v) is 2.46. The molecule has 0 aliphatic heterocycles. The topological polar surface area (TPSA) is 94.4 Å². The summed E-state index contributed by atoms with van der Waals surface area (Å²) in [4.78, 5) is 25.4. The van der Waals surface area contributed by atoms with E-state index >= 15 is 0 Å². The van der Waals surface area contributed by atoms with Gasteiger partial charge in [0, 0.05) is 13.1 Å². The van der Waals surface area contributed by atoms with E-state index in [1.807, 2.05) is 0 Å². The second-order valence-corrected chi connectivity index (χ2v) is 3.81. The van der Waals surface area contributed by atoms with Crippen molar-refractivity contribution in [1.29, 1.82) is 0 Å². The van der Waals surface area contributed by atoms with Gasteiger partial charge in [0.25, 0.3) is 11.6 Å². The van der Waals surface area contributed by atoms with Gasteiger partial charge in [0.05, 0.1) is 17.2 Å². The van der Waals surface area contributed by atoms with Crippen LogP contribution in [0.5, 0.6) is 11.5 Å². The van der Waals surface area contributed by atoms with Gasteiger partial charge in [-0.25, -0.2) is 4.98 Å². The molecule has 7 heteroatoms. The smallest absolute Gasteiger partial charge is 0.273 e. The number of nitrogens with one attached hydrogen (secondary N) is 1. The Balaban J connectivity index is 2.16. The molecule has 0 unspecified atom stereocenters. The molecule has 0 aliphatic rings. The molecule has 0 spiro atoms. The van der Waals surface area contributed by atoms with Crippen LogP contribution >= 0.6 is 0 Å². The zero-order valence-electron chi connectivity index (χ0n) is 10.6. The number of carbonyl (C=O) groups excluding carboxylic acids is 1. The van der Waals surface area contributed by atoms with E-state index < -0.39 is 4.92 Å². The van der Waals surface area contributed by atoms with E-state index in [1.165, 1.54) is 37.5 Å². The normalized spacial score (nSPS) is 9.85. The molecule has 1 aromatic carbocycles. The van der Waals surface area contributed by atoms with Gasteiger partial charge in [-0.3, -0.25) is 14.9 Å². The number of nitro benzene ring substituents is 1. The van der Waals surface area contributed by atoms with Gasteiger partial charge < -0.3 is 10.1 Å². The molecule has 1 aromatic heterocycles. The number of nitrogens with zero attached hydrogens (tertiary/aromatic N) is 2. The summed E-state index contributed by atoms with van der Waals surface area (Å²) in [7, 11) is 1.51. The number of benzene rings is 1. The zero-order chi connectivity index (χ0) is 14.5. The van der Waals surface area contributed by atoms with E-state index in [0.717, 1.165) is 0 Å². The molecule has 1 heterocycles. The number of ether oxygens (including phenoxy) is 1. The van der Waals surface area contributed by atoms with E-state index in [-0.39, 0.29) is 17.3 Å². The van der Waals surface area contributed by atoms with E-state index in [9.17, 15) is 14.9 Å². The number of aromatic nitrogens is 1. The lowest BCUT2D eigenvalue weighted by Gasteiger charge is -2.05. The first-order valence-corrected chi connectivity index (χ1v) is 5.70. The molecular weight excluding hydrogens is 262 g/mol. The molecule has 1 amide bonds. The van der Waals surface area contributed by atoms with Crippen molar-refractivity contribution >= 4 is 11.6 Å². The van der Waals surface area contributed by atoms with Crippen LogP contribution in [0, 0.1) is 10.1 Å². The number of amides is 1. The number of nitro groups is 1. The van der Waals surface area contributed by atoms with Crippen molar-refractivity contribution in [3.63, 3.8) is 0 Å². The fourth-order valence-corrected chi connectivity index (χ4v) is 1.50. The average Bonchev–Trinajstić information content (AvgIpc) is 2.47. The number of non-ortho nitro benzene ring substituents is 1. The molecular formula is C13H11N3O4. The maximum Gasteiger partial charge on any atom is 0.273 e. The summed E-state index contributed by atoms with van der Waals surface area (Å²) in [5.74, 6) is 0.416. The fraction of sp³-hybridized carbons (Fsp3) is 0.0769. The van der Waals surface area contributed by atoms with Crippen molar-refractivity contribution in [2.45, 2.75) is 0 Å². The summed E-state index contributed by atoms with van der Waals surface area (Å²) in [5, 5.41) is 13.1. The van der Waals surface area contributed by atoms with Crippen LogP contribution in [0.1, 0.15) is 10.5 Å². The van der Waals surface area contributed by atoms with Gasteiger partial charge in [0.15, 0.2) is 0 Å². The van der Waals surface area contributed by atoms with Crippen LogP contribution in [0.2, 0.25) is 0 Å². The highest BCUT2D eigenvalue weighted by Gasteiger charge is 2.08. The Morgan fingerprint density at radius 3 is 2.70 bits per heavy atom. The molecule has 0 bridgehead atoms. The number of rotatable bonds is 4. The van der Waals surface area contributed by atoms with Crippen LogP contribution in [-0.2, 0) is 0 Å². The van der Waals surface area contributed by atoms with E-state index in [0.29, 0.717) is 11.5 Å². The van der Waals surface area contributed by atoms with Gasteiger partial charge in [-0.15, -0.1) is 0 Å². The molecule has 1 N–H and O–H groups in total. The second kappa shape index (κ2) is 5.79. The van der Waals surface area contributed by atoms with Crippen molar-refractivity contribution in [1.82, 2.24) is 10.3 Å². The monoisotopic (exact) mass is 273 g/mol. The van der Waals surface area contributed by atoms with Gasteiger partial charge in [0.1, 0.15) is 17.2 Å². The van der Waals surface area contributed by atoms with Gasteiger partial charge >= 0.3 is 0 Å². The minimum atomic E-state index is -0.500. The van der Waals surface area contributed by atoms with E-state index in [2.05, 4.69) is 10.3 Å². The van der Waals surface area contributed by atoms with Gasteiger partial charge in [-0.2, -0.15) is 0 Å². The maximum absolute atomic E-state index is 11.3. The van der Waals surface area contributed by atoms with Crippen LogP contribution in [-0.4, -0.2) is 22.9 Å². The van der Waals surface area contributed by atoms with Gasteiger partial charge in [-0.1, -0.05) is 6.07 Å². The Morgan fingerprint density at radius 2 is 2.10 bits per heavy atom. The van der Waals surface area contributed by atoms with Gasteiger partial charge in [-0.05, 0) is 18.2 Å². The fourth-order valence-electron chi connectivity index (χ4n) is 1.50. The molecule has 20 heavy (non-hydrogen) atoms. The molecule has 0 saturated heterocycles. The highest BCUT2D eigenvalue weighted by molar-refractivity contribution is 5.91. The van der Waals surface area contributed by atoms with Gasteiger partial charge in [0.2, 0.25) is 0 Å². The molecule has 0 saturated carbocycles. The molecule has 0 radical (unpaired) electrons. The Labute approximate surface area is 114 Å². The Kier molecular flexibility index (Phi) is 3.90. The van der Waals surface area contributed by atoms with Crippen LogP contribution in [0.4, 0.5) is 5.69 Å². The number of carbonyl (C=O) groups is 1. The summed E-state index contributed by atoms with van der Waals surface area (Å²) in [6, 6.07) is 8.88. The summed E-state index contributed by atoms with van der Waals surface area (Å²) in [6.45, 7) is 0. The average molecular weight is 273 g/mol. The molecule has 2 aromatic rings. The SMILES string of the molecule is CNC(=O)c1ccc(Oc2cccc([N+](=O)[O-])c2)cn1. The predicted octanol–water partition coefficient (Wildman–Crippen LogP) is 2.14. The van der Waals surface area contributed by atoms with Crippen molar-refractivity contribution < 1.29 is 14.5 Å². The lowest BCUT2D eigenvalue weighted by Crippen LogP contribution is -2.18. The first kappa shape index (κ1) is 13.5. The predicted molar refractivity (Wildman–Crippen MR) is 70.8 cm³/mol. The standard InChI is InChI=1S/C13H11N3O4/c1-14-13(17)12-6-5-11(8-15-12)20-10-4-2-3-9(7-10)16(18)19/h2-8H,1H3,(H,14,17). The lowest BCUT2D eigenvalue weighted by molar-refractivity contribution is -0.384. The largest absolute Gasteiger partial charge is 0.455 e. The molecule has 102 valence electrons.